The van der Waals surface area contributed by atoms with Gasteiger partial charge in [-0.3, -0.25) is 4.79 Å². The molecule has 1 unspecified atom stereocenters. The van der Waals surface area contributed by atoms with Crippen LogP contribution in [0.15, 0.2) is 0 Å². The fraction of sp³-hybridized carbons (Fsp3) is 0.857. The van der Waals surface area contributed by atoms with Gasteiger partial charge >= 0.3 is 5.97 Å². The summed E-state index contributed by atoms with van der Waals surface area (Å²) in [5.41, 5.74) is 0. The topological polar surface area (TPSA) is 55.4 Å². The monoisotopic (exact) mass is 255 g/mol. The molecule has 0 aliphatic heterocycles. The first-order chi connectivity index (χ1) is 8.50. The van der Waals surface area contributed by atoms with Gasteiger partial charge < -0.3 is 10.1 Å². The lowest BCUT2D eigenvalue weighted by atomic mass is 9.88. The van der Waals surface area contributed by atoms with Crippen LogP contribution in [0.4, 0.5) is 0 Å². The number of esters is 1. The van der Waals surface area contributed by atoms with Crippen LogP contribution in [-0.4, -0.2) is 24.5 Å². The highest BCUT2D eigenvalue weighted by molar-refractivity contribution is 5.85. The Hall–Kier alpha value is -1.06. The molecule has 0 aromatic heterocycles. The van der Waals surface area contributed by atoms with E-state index in [0.29, 0.717) is 12.5 Å². The first-order valence-corrected chi connectivity index (χ1v) is 6.97. The summed E-state index contributed by atoms with van der Waals surface area (Å²) >= 11 is 0. The molecule has 1 amide bonds. The number of rotatable bonds is 5. The highest BCUT2D eigenvalue weighted by Crippen LogP contribution is 2.23. The number of ether oxygens (including phenoxy) is 1. The van der Waals surface area contributed by atoms with E-state index in [-0.39, 0.29) is 17.8 Å². The molecular formula is C14H25NO3. The Bertz CT molecular complexity index is 283. The number of nitrogens with one attached hydrogen (secondary N) is 1. The second kappa shape index (κ2) is 7.39. The quantitative estimate of drug-likeness (QED) is 0.767. The van der Waals surface area contributed by atoms with Crippen molar-refractivity contribution in [3.05, 3.63) is 0 Å². The van der Waals surface area contributed by atoms with Crippen LogP contribution in [0.2, 0.25) is 0 Å². The molecule has 0 radical (unpaired) electrons. The molecule has 0 aromatic rings. The Morgan fingerprint density at radius 2 is 1.78 bits per heavy atom. The molecule has 4 heteroatoms. The van der Waals surface area contributed by atoms with Crippen LogP contribution in [-0.2, 0) is 14.3 Å². The zero-order chi connectivity index (χ0) is 13.5. The largest absolute Gasteiger partial charge is 0.464 e. The number of carbonyl (C=O) groups is 2. The Morgan fingerprint density at radius 3 is 2.33 bits per heavy atom. The van der Waals surface area contributed by atoms with Gasteiger partial charge in [0.05, 0.1) is 6.61 Å². The van der Waals surface area contributed by atoms with E-state index in [1.165, 1.54) is 6.42 Å². The van der Waals surface area contributed by atoms with E-state index in [4.69, 9.17) is 4.74 Å². The predicted octanol–water partition coefficient (Wildman–Crippen LogP) is 2.27. The minimum atomic E-state index is -0.543. The standard InChI is InChI=1S/C14H25NO3/c1-10(2)9-18-14(17)11(3)15-13(16)12-7-5-4-6-8-12/h10-12H,4-9H2,1-3H3,(H,15,16). The first kappa shape index (κ1) is 15.0. The summed E-state index contributed by atoms with van der Waals surface area (Å²) in [6.45, 7) is 6.06. The van der Waals surface area contributed by atoms with E-state index >= 15 is 0 Å². The van der Waals surface area contributed by atoms with Gasteiger partial charge in [0.15, 0.2) is 0 Å². The van der Waals surface area contributed by atoms with Crippen molar-refractivity contribution in [2.24, 2.45) is 11.8 Å². The maximum Gasteiger partial charge on any atom is 0.328 e. The summed E-state index contributed by atoms with van der Waals surface area (Å²) in [4.78, 5) is 23.6. The fourth-order valence-corrected chi connectivity index (χ4v) is 2.13. The van der Waals surface area contributed by atoms with Crippen molar-refractivity contribution < 1.29 is 14.3 Å². The summed E-state index contributed by atoms with van der Waals surface area (Å²) < 4.78 is 5.10. The fourth-order valence-electron chi connectivity index (χ4n) is 2.13. The van der Waals surface area contributed by atoms with Gasteiger partial charge in [0.25, 0.3) is 0 Å². The highest BCUT2D eigenvalue weighted by atomic mass is 16.5. The molecule has 1 aliphatic carbocycles. The lowest BCUT2D eigenvalue weighted by Crippen LogP contribution is -2.43. The number of carbonyl (C=O) groups excluding carboxylic acids is 2. The van der Waals surface area contributed by atoms with Gasteiger partial charge in [0.1, 0.15) is 6.04 Å². The molecule has 1 atom stereocenters. The van der Waals surface area contributed by atoms with Gasteiger partial charge in [0, 0.05) is 5.92 Å². The zero-order valence-corrected chi connectivity index (χ0v) is 11.7. The highest BCUT2D eigenvalue weighted by Gasteiger charge is 2.24. The van der Waals surface area contributed by atoms with Gasteiger partial charge in [-0.15, -0.1) is 0 Å². The molecule has 0 saturated heterocycles. The third-order valence-electron chi connectivity index (χ3n) is 3.25. The molecule has 4 nitrogen and oxygen atoms in total. The van der Waals surface area contributed by atoms with Gasteiger partial charge in [0.2, 0.25) is 5.91 Å². The smallest absolute Gasteiger partial charge is 0.328 e. The van der Waals surface area contributed by atoms with Crippen molar-refractivity contribution in [3.8, 4) is 0 Å². The molecule has 0 heterocycles. The van der Waals surface area contributed by atoms with E-state index in [1.54, 1.807) is 6.92 Å². The third kappa shape index (κ3) is 5.07. The maximum atomic E-state index is 11.9. The van der Waals surface area contributed by atoms with Crippen molar-refractivity contribution in [2.75, 3.05) is 6.61 Å². The molecule has 1 N–H and O–H groups in total. The van der Waals surface area contributed by atoms with E-state index < -0.39 is 6.04 Å². The van der Waals surface area contributed by atoms with Crippen LogP contribution in [0.25, 0.3) is 0 Å². The summed E-state index contributed by atoms with van der Waals surface area (Å²) in [5, 5.41) is 2.76. The third-order valence-corrected chi connectivity index (χ3v) is 3.25. The molecule has 1 fully saturated rings. The van der Waals surface area contributed by atoms with Gasteiger partial charge in [-0.2, -0.15) is 0 Å². The minimum absolute atomic E-state index is 0.00342. The molecule has 1 rings (SSSR count). The van der Waals surface area contributed by atoms with Gasteiger partial charge in [-0.25, -0.2) is 4.79 Å². The molecular weight excluding hydrogens is 230 g/mol. The summed E-state index contributed by atoms with van der Waals surface area (Å²) in [6, 6.07) is -0.543. The second-order valence-corrected chi connectivity index (χ2v) is 5.59. The van der Waals surface area contributed by atoms with Crippen LogP contribution >= 0.6 is 0 Å². The number of hydrogen-bond acceptors (Lipinski definition) is 3. The van der Waals surface area contributed by atoms with E-state index in [2.05, 4.69) is 5.32 Å². The zero-order valence-electron chi connectivity index (χ0n) is 11.7. The molecule has 0 aromatic carbocycles. The molecule has 18 heavy (non-hydrogen) atoms. The second-order valence-electron chi connectivity index (χ2n) is 5.59. The number of amides is 1. The molecule has 0 bridgehead atoms. The van der Waals surface area contributed by atoms with Crippen molar-refractivity contribution in [1.82, 2.24) is 5.32 Å². The van der Waals surface area contributed by atoms with Crippen molar-refractivity contribution >= 4 is 11.9 Å². The van der Waals surface area contributed by atoms with Crippen LogP contribution in [0, 0.1) is 11.8 Å². The molecule has 1 aliphatic rings. The Morgan fingerprint density at radius 1 is 1.17 bits per heavy atom. The van der Waals surface area contributed by atoms with Crippen LogP contribution in [0.1, 0.15) is 52.9 Å². The Balaban J connectivity index is 2.31. The first-order valence-electron chi connectivity index (χ1n) is 6.97. The average molecular weight is 255 g/mol. The van der Waals surface area contributed by atoms with Crippen LogP contribution in [0.3, 0.4) is 0 Å². The normalized spacial score (nSPS) is 18.4. The molecule has 0 spiro atoms. The number of hydrogen-bond donors (Lipinski definition) is 1. The van der Waals surface area contributed by atoms with E-state index in [9.17, 15) is 9.59 Å². The lowest BCUT2D eigenvalue weighted by Gasteiger charge is -2.22. The van der Waals surface area contributed by atoms with Crippen molar-refractivity contribution in [3.63, 3.8) is 0 Å². The van der Waals surface area contributed by atoms with Crippen LogP contribution < -0.4 is 5.32 Å². The summed E-state index contributed by atoms with van der Waals surface area (Å²) in [6.07, 6.45) is 5.34. The Kier molecular flexibility index (Phi) is 6.16. The van der Waals surface area contributed by atoms with Gasteiger partial charge in [-0.1, -0.05) is 33.1 Å². The van der Waals surface area contributed by atoms with E-state index in [0.717, 1.165) is 25.7 Å². The predicted molar refractivity (Wildman–Crippen MR) is 70.0 cm³/mol. The van der Waals surface area contributed by atoms with E-state index in [1.807, 2.05) is 13.8 Å². The average Bonchev–Trinajstić information content (AvgIpc) is 2.36. The van der Waals surface area contributed by atoms with Crippen LogP contribution in [0.5, 0.6) is 0 Å². The lowest BCUT2D eigenvalue weighted by molar-refractivity contribution is -0.148. The SMILES string of the molecule is CC(C)COC(=O)C(C)NC(=O)C1CCCCC1. The summed E-state index contributed by atoms with van der Waals surface area (Å²) in [7, 11) is 0. The maximum absolute atomic E-state index is 11.9. The van der Waals surface area contributed by atoms with Gasteiger partial charge in [-0.05, 0) is 25.7 Å². The Labute approximate surface area is 109 Å². The molecule has 104 valence electrons. The van der Waals surface area contributed by atoms with Crippen molar-refractivity contribution in [1.29, 1.82) is 0 Å². The molecule has 1 saturated carbocycles. The summed E-state index contributed by atoms with van der Waals surface area (Å²) in [5.74, 6) is 0.0610. The van der Waals surface area contributed by atoms with Crippen molar-refractivity contribution in [2.45, 2.75) is 58.9 Å². The minimum Gasteiger partial charge on any atom is -0.464 e.